The third-order valence-corrected chi connectivity index (χ3v) is 3.88. The highest BCUT2D eigenvalue weighted by Crippen LogP contribution is 2.26. The third kappa shape index (κ3) is 3.90. The summed E-state index contributed by atoms with van der Waals surface area (Å²) in [6.45, 7) is 3.01. The number of nitrogens with one attached hydrogen (secondary N) is 1. The number of hydrogen-bond donors (Lipinski definition) is 1. The van der Waals surface area contributed by atoms with Crippen molar-refractivity contribution in [3.8, 4) is 0 Å². The van der Waals surface area contributed by atoms with E-state index in [1.165, 1.54) is 6.07 Å². The van der Waals surface area contributed by atoms with Crippen molar-refractivity contribution in [2.75, 3.05) is 6.54 Å². The summed E-state index contributed by atoms with van der Waals surface area (Å²) in [5, 5.41) is 7.87. The maximum absolute atomic E-state index is 13.5. The molecule has 108 valence electrons. The maximum atomic E-state index is 13.5. The molecule has 0 bridgehead atoms. The largest absolute Gasteiger partial charge is 0.310 e. The molecule has 2 aromatic rings. The van der Waals surface area contributed by atoms with Gasteiger partial charge in [-0.2, -0.15) is 5.10 Å². The van der Waals surface area contributed by atoms with E-state index in [0.29, 0.717) is 0 Å². The average Bonchev–Trinajstić information content (AvgIpc) is 2.83. The van der Waals surface area contributed by atoms with Crippen LogP contribution < -0.4 is 5.32 Å². The van der Waals surface area contributed by atoms with Gasteiger partial charge in [0.15, 0.2) is 0 Å². The molecule has 1 aromatic heterocycles. The van der Waals surface area contributed by atoms with Crippen molar-refractivity contribution in [2.45, 2.75) is 25.8 Å². The van der Waals surface area contributed by atoms with E-state index in [1.807, 2.05) is 19.3 Å². The van der Waals surface area contributed by atoms with E-state index in [4.69, 9.17) is 0 Å². The van der Waals surface area contributed by atoms with Gasteiger partial charge >= 0.3 is 0 Å². The standard InChI is InChI=1S/C15H19BrFN3/c1-3-7-18-15(10-12-6-8-20(2)19-12)13-9-11(17)4-5-14(13)16/h4-6,8-9,15,18H,3,7,10H2,1-2H3. The van der Waals surface area contributed by atoms with Crippen LogP contribution in [0, 0.1) is 5.82 Å². The SMILES string of the molecule is CCCNC(Cc1ccn(C)n1)c1cc(F)ccc1Br. The summed E-state index contributed by atoms with van der Waals surface area (Å²) in [6.07, 6.45) is 3.70. The number of aryl methyl sites for hydroxylation is 1. The molecule has 0 fully saturated rings. The van der Waals surface area contributed by atoms with E-state index in [1.54, 1.807) is 16.8 Å². The van der Waals surface area contributed by atoms with Gasteiger partial charge in [-0.15, -0.1) is 0 Å². The van der Waals surface area contributed by atoms with Crippen molar-refractivity contribution >= 4 is 15.9 Å². The minimum atomic E-state index is -0.215. The van der Waals surface area contributed by atoms with E-state index < -0.39 is 0 Å². The fraction of sp³-hybridized carbons (Fsp3) is 0.400. The number of nitrogens with zero attached hydrogens (tertiary/aromatic N) is 2. The lowest BCUT2D eigenvalue weighted by Crippen LogP contribution is -2.24. The predicted octanol–water partition coefficient (Wildman–Crippen LogP) is 3.61. The van der Waals surface area contributed by atoms with Crippen molar-refractivity contribution in [3.05, 3.63) is 52.0 Å². The van der Waals surface area contributed by atoms with Gasteiger partial charge in [0.25, 0.3) is 0 Å². The van der Waals surface area contributed by atoms with Crippen LogP contribution in [0.1, 0.15) is 30.6 Å². The van der Waals surface area contributed by atoms with Crippen LogP contribution >= 0.6 is 15.9 Å². The summed E-state index contributed by atoms with van der Waals surface area (Å²) in [5.74, 6) is -0.215. The maximum Gasteiger partial charge on any atom is 0.123 e. The van der Waals surface area contributed by atoms with E-state index in [2.05, 4.69) is 33.3 Å². The van der Waals surface area contributed by atoms with Crippen molar-refractivity contribution in [1.29, 1.82) is 0 Å². The molecule has 0 spiro atoms. The molecule has 0 saturated carbocycles. The summed E-state index contributed by atoms with van der Waals surface area (Å²) >= 11 is 3.51. The zero-order chi connectivity index (χ0) is 14.5. The molecular weight excluding hydrogens is 321 g/mol. The Morgan fingerprint density at radius 1 is 1.40 bits per heavy atom. The molecule has 0 radical (unpaired) electrons. The van der Waals surface area contributed by atoms with Gasteiger partial charge in [-0.05, 0) is 42.8 Å². The topological polar surface area (TPSA) is 29.9 Å². The molecule has 5 heteroatoms. The summed E-state index contributed by atoms with van der Waals surface area (Å²) in [6, 6.07) is 6.85. The molecular formula is C15H19BrFN3. The molecule has 1 atom stereocenters. The summed E-state index contributed by atoms with van der Waals surface area (Å²) in [7, 11) is 1.90. The Balaban J connectivity index is 2.24. The van der Waals surface area contributed by atoms with Crippen LogP contribution in [0.5, 0.6) is 0 Å². The lowest BCUT2D eigenvalue weighted by atomic mass is 10.0. The third-order valence-electron chi connectivity index (χ3n) is 3.16. The highest BCUT2D eigenvalue weighted by atomic mass is 79.9. The smallest absolute Gasteiger partial charge is 0.123 e. The lowest BCUT2D eigenvalue weighted by molar-refractivity contribution is 0.515. The normalized spacial score (nSPS) is 12.6. The van der Waals surface area contributed by atoms with Gasteiger partial charge in [-0.3, -0.25) is 4.68 Å². The van der Waals surface area contributed by atoms with Gasteiger partial charge in [-0.25, -0.2) is 4.39 Å². The molecule has 1 N–H and O–H groups in total. The number of benzene rings is 1. The molecule has 1 heterocycles. The zero-order valence-corrected chi connectivity index (χ0v) is 13.3. The van der Waals surface area contributed by atoms with Gasteiger partial charge in [0.05, 0.1) is 5.69 Å². The van der Waals surface area contributed by atoms with Crippen molar-refractivity contribution < 1.29 is 4.39 Å². The number of hydrogen-bond acceptors (Lipinski definition) is 2. The lowest BCUT2D eigenvalue weighted by Gasteiger charge is -2.19. The first kappa shape index (κ1) is 15.2. The average molecular weight is 340 g/mol. The van der Waals surface area contributed by atoms with Crippen LogP contribution in [-0.2, 0) is 13.5 Å². The predicted molar refractivity (Wildman–Crippen MR) is 82.0 cm³/mol. The molecule has 20 heavy (non-hydrogen) atoms. The first-order valence-electron chi connectivity index (χ1n) is 6.77. The van der Waals surface area contributed by atoms with Crippen LogP contribution in [0.4, 0.5) is 4.39 Å². The van der Waals surface area contributed by atoms with Gasteiger partial charge in [0.2, 0.25) is 0 Å². The molecule has 1 unspecified atom stereocenters. The Kier molecular flexibility index (Phi) is 5.31. The van der Waals surface area contributed by atoms with E-state index in [-0.39, 0.29) is 11.9 Å². The first-order chi connectivity index (χ1) is 9.60. The second-order valence-electron chi connectivity index (χ2n) is 4.86. The van der Waals surface area contributed by atoms with Gasteiger partial charge in [0, 0.05) is 30.2 Å². The van der Waals surface area contributed by atoms with Crippen LogP contribution in [0.15, 0.2) is 34.9 Å². The second-order valence-corrected chi connectivity index (χ2v) is 5.71. The monoisotopic (exact) mass is 339 g/mol. The Morgan fingerprint density at radius 3 is 2.85 bits per heavy atom. The fourth-order valence-electron chi connectivity index (χ4n) is 2.17. The number of rotatable bonds is 6. The minimum Gasteiger partial charge on any atom is -0.310 e. The summed E-state index contributed by atoms with van der Waals surface area (Å²) < 4.78 is 16.2. The van der Waals surface area contributed by atoms with Crippen LogP contribution in [-0.4, -0.2) is 16.3 Å². The summed E-state index contributed by atoms with van der Waals surface area (Å²) in [5.41, 5.74) is 1.93. The number of aromatic nitrogens is 2. The van der Waals surface area contributed by atoms with Crippen LogP contribution in [0.25, 0.3) is 0 Å². The molecule has 3 nitrogen and oxygen atoms in total. The van der Waals surface area contributed by atoms with Gasteiger partial charge in [-0.1, -0.05) is 22.9 Å². The number of halogens is 2. The fourth-order valence-corrected chi connectivity index (χ4v) is 2.70. The highest BCUT2D eigenvalue weighted by molar-refractivity contribution is 9.10. The molecule has 0 aliphatic carbocycles. The van der Waals surface area contributed by atoms with E-state index in [0.717, 1.165) is 35.1 Å². The Labute approximate surface area is 127 Å². The Hall–Kier alpha value is -1.20. The quantitative estimate of drug-likeness (QED) is 0.871. The Morgan fingerprint density at radius 2 is 2.20 bits per heavy atom. The minimum absolute atomic E-state index is 0.0509. The Bertz CT molecular complexity index is 568. The molecule has 0 aliphatic rings. The van der Waals surface area contributed by atoms with Crippen molar-refractivity contribution in [2.24, 2.45) is 7.05 Å². The first-order valence-corrected chi connectivity index (χ1v) is 7.56. The molecule has 2 rings (SSSR count). The van der Waals surface area contributed by atoms with Crippen LogP contribution in [0.2, 0.25) is 0 Å². The van der Waals surface area contributed by atoms with Gasteiger partial charge in [0.1, 0.15) is 5.82 Å². The second kappa shape index (κ2) is 6.99. The zero-order valence-electron chi connectivity index (χ0n) is 11.7. The molecule has 0 saturated heterocycles. The highest BCUT2D eigenvalue weighted by Gasteiger charge is 2.16. The summed E-state index contributed by atoms with van der Waals surface area (Å²) in [4.78, 5) is 0. The molecule has 0 amide bonds. The molecule has 1 aromatic carbocycles. The van der Waals surface area contributed by atoms with Crippen molar-refractivity contribution in [1.82, 2.24) is 15.1 Å². The van der Waals surface area contributed by atoms with E-state index in [9.17, 15) is 4.39 Å². The van der Waals surface area contributed by atoms with E-state index >= 15 is 0 Å². The van der Waals surface area contributed by atoms with Crippen molar-refractivity contribution in [3.63, 3.8) is 0 Å². The van der Waals surface area contributed by atoms with Crippen LogP contribution in [0.3, 0.4) is 0 Å². The molecule has 0 aliphatic heterocycles. The van der Waals surface area contributed by atoms with Gasteiger partial charge < -0.3 is 5.32 Å².